The third-order valence-electron chi connectivity index (χ3n) is 1.87. The standard InChI is InChI=1S/C7H12N2O2/c1-2-5-6(4-10)9-7(11)3-8-5/h4-6,8H,2-3H2,1H3,(H,9,11). The average Bonchev–Trinajstić information content (AvgIpc) is 2.04. The lowest BCUT2D eigenvalue weighted by Gasteiger charge is -2.28. The van der Waals surface area contributed by atoms with Crippen molar-refractivity contribution in [2.75, 3.05) is 6.54 Å². The maximum atomic E-state index is 10.8. The molecule has 0 aromatic rings. The summed E-state index contributed by atoms with van der Waals surface area (Å²) in [6.45, 7) is 2.30. The molecule has 11 heavy (non-hydrogen) atoms. The lowest BCUT2D eigenvalue weighted by atomic mass is 10.1. The molecule has 1 saturated heterocycles. The van der Waals surface area contributed by atoms with Gasteiger partial charge in [-0.3, -0.25) is 4.79 Å². The molecule has 1 rings (SSSR count). The van der Waals surface area contributed by atoms with E-state index in [2.05, 4.69) is 10.6 Å². The van der Waals surface area contributed by atoms with E-state index >= 15 is 0 Å². The molecule has 0 radical (unpaired) electrons. The van der Waals surface area contributed by atoms with E-state index < -0.39 is 0 Å². The van der Waals surface area contributed by atoms with Crippen molar-refractivity contribution in [1.29, 1.82) is 0 Å². The molecule has 1 aliphatic heterocycles. The van der Waals surface area contributed by atoms with Crippen LogP contribution >= 0.6 is 0 Å². The molecule has 0 spiro atoms. The summed E-state index contributed by atoms with van der Waals surface area (Å²) in [6.07, 6.45) is 1.63. The molecule has 2 N–H and O–H groups in total. The number of hydrogen-bond donors (Lipinski definition) is 2. The van der Waals surface area contributed by atoms with Crippen molar-refractivity contribution in [3.05, 3.63) is 0 Å². The Kier molecular flexibility index (Phi) is 2.59. The molecule has 1 amide bonds. The molecule has 0 aromatic heterocycles. The fourth-order valence-electron chi connectivity index (χ4n) is 1.22. The van der Waals surface area contributed by atoms with Gasteiger partial charge >= 0.3 is 0 Å². The van der Waals surface area contributed by atoms with Crippen LogP contribution in [0, 0.1) is 0 Å². The predicted molar refractivity (Wildman–Crippen MR) is 40.1 cm³/mol. The molecule has 0 bridgehead atoms. The smallest absolute Gasteiger partial charge is 0.234 e. The molecule has 1 fully saturated rings. The number of piperazine rings is 1. The van der Waals surface area contributed by atoms with E-state index in [1.165, 1.54) is 0 Å². The molecule has 0 aliphatic carbocycles. The maximum absolute atomic E-state index is 10.8. The zero-order valence-corrected chi connectivity index (χ0v) is 6.46. The molecule has 2 atom stereocenters. The molecule has 1 heterocycles. The average molecular weight is 156 g/mol. The monoisotopic (exact) mass is 156 g/mol. The van der Waals surface area contributed by atoms with Gasteiger partial charge in [-0.05, 0) is 6.42 Å². The summed E-state index contributed by atoms with van der Waals surface area (Å²) in [4.78, 5) is 21.2. The summed E-state index contributed by atoms with van der Waals surface area (Å²) >= 11 is 0. The lowest BCUT2D eigenvalue weighted by molar-refractivity contribution is -0.125. The Hall–Kier alpha value is -0.900. The maximum Gasteiger partial charge on any atom is 0.234 e. The second kappa shape index (κ2) is 3.48. The summed E-state index contributed by atoms with van der Waals surface area (Å²) in [7, 11) is 0. The van der Waals surface area contributed by atoms with Gasteiger partial charge in [-0.1, -0.05) is 6.92 Å². The fourth-order valence-corrected chi connectivity index (χ4v) is 1.22. The first kappa shape index (κ1) is 8.20. The van der Waals surface area contributed by atoms with Gasteiger partial charge in [0, 0.05) is 6.04 Å². The lowest BCUT2D eigenvalue weighted by Crippen LogP contribution is -2.59. The molecule has 4 nitrogen and oxygen atoms in total. The van der Waals surface area contributed by atoms with Crippen molar-refractivity contribution in [1.82, 2.24) is 10.6 Å². The van der Waals surface area contributed by atoms with Crippen LogP contribution in [0.1, 0.15) is 13.3 Å². The highest BCUT2D eigenvalue weighted by molar-refractivity contribution is 5.83. The van der Waals surface area contributed by atoms with Crippen molar-refractivity contribution < 1.29 is 9.59 Å². The molecular formula is C7H12N2O2. The highest BCUT2D eigenvalue weighted by Crippen LogP contribution is 1.99. The Morgan fingerprint density at radius 2 is 2.45 bits per heavy atom. The SMILES string of the molecule is CCC1NCC(=O)NC1C=O. The third kappa shape index (κ3) is 1.77. The molecule has 2 unspecified atom stereocenters. The Bertz CT molecular complexity index is 170. The number of carbonyl (C=O) groups excluding carboxylic acids is 2. The van der Waals surface area contributed by atoms with E-state index in [9.17, 15) is 9.59 Å². The van der Waals surface area contributed by atoms with E-state index in [1.54, 1.807) is 0 Å². The fraction of sp³-hybridized carbons (Fsp3) is 0.714. The first-order chi connectivity index (χ1) is 5.27. The van der Waals surface area contributed by atoms with Crippen molar-refractivity contribution in [2.45, 2.75) is 25.4 Å². The van der Waals surface area contributed by atoms with Gasteiger partial charge in [0.1, 0.15) is 6.29 Å². The normalized spacial score (nSPS) is 31.2. The van der Waals surface area contributed by atoms with Crippen LogP contribution in [0.5, 0.6) is 0 Å². The number of nitrogens with one attached hydrogen (secondary N) is 2. The second-order valence-corrected chi connectivity index (χ2v) is 2.63. The van der Waals surface area contributed by atoms with E-state index in [-0.39, 0.29) is 18.0 Å². The highest BCUT2D eigenvalue weighted by Gasteiger charge is 2.25. The Morgan fingerprint density at radius 3 is 3.00 bits per heavy atom. The summed E-state index contributed by atoms with van der Waals surface area (Å²) < 4.78 is 0. The summed E-state index contributed by atoms with van der Waals surface area (Å²) in [6, 6.07) is -0.244. The minimum atomic E-state index is -0.346. The number of hydrogen-bond acceptors (Lipinski definition) is 3. The summed E-state index contributed by atoms with van der Waals surface area (Å²) in [5.41, 5.74) is 0. The Morgan fingerprint density at radius 1 is 1.73 bits per heavy atom. The Labute approximate surface area is 65.3 Å². The first-order valence-corrected chi connectivity index (χ1v) is 3.76. The van der Waals surface area contributed by atoms with E-state index in [0.29, 0.717) is 6.54 Å². The molecular weight excluding hydrogens is 144 g/mol. The number of aldehydes is 1. The zero-order valence-electron chi connectivity index (χ0n) is 6.46. The predicted octanol–water partition coefficient (Wildman–Crippen LogP) is -0.948. The van der Waals surface area contributed by atoms with Gasteiger partial charge in [-0.25, -0.2) is 0 Å². The minimum absolute atomic E-state index is 0.102. The van der Waals surface area contributed by atoms with Crippen molar-refractivity contribution in [2.24, 2.45) is 0 Å². The molecule has 0 aromatic carbocycles. The highest BCUT2D eigenvalue weighted by atomic mass is 16.2. The van der Waals surface area contributed by atoms with Crippen LogP contribution in [0.3, 0.4) is 0 Å². The van der Waals surface area contributed by atoms with Crippen LogP contribution in [0.4, 0.5) is 0 Å². The number of rotatable bonds is 2. The van der Waals surface area contributed by atoms with Crippen molar-refractivity contribution >= 4 is 12.2 Å². The van der Waals surface area contributed by atoms with Crippen LogP contribution in [0.2, 0.25) is 0 Å². The van der Waals surface area contributed by atoms with Gasteiger partial charge in [-0.15, -0.1) is 0 Å². The largest absolute Gasteiger partial charge is 0.344 e. The van der Waals surface area contributed by atoms with E-state index in [4.69, 9.17) is 0 Å². The number of amides is 1. The molecule has 62 valence electrons. The second-order valence-electron chi connectivity index (χ2n) is 2.63. The Balaban J connectivity index is 2.54. The van der Waals surface area contributed by atoms with Crippen LogP contribution in [-0.4, -0.2) is 30.8 Å². The topological polar surface area (TPSA) is 58.2 Å². The molecule has 1 aliphatic rings. The third-order valence-corrected chi connectivity index (χ3v) is 1.87. The molecule has 0 saturated carbocycles. The summed E-state index contributed by atoms with van der Waals surface area (Å²) in [5, 5.41) is 5.57. The molecule has 4 heteroatoms. The quantitative estimate of drug-likeness (QED) is 0.507. The van der Waals surface area contributed by atoms with E-state index in [1.807, 2.05) is 6.92 Å². The van der Waals surface area contributed by atoms with Crippen LogP contribution in [0.25, 0.3) is 0 Å². The van der Waals surface area contributed by atoms with Gasteiger partial charge in [-0.2, -0.15) is 0 Å². The minimum Gasteiger partial charge on any atom is -0.344 e. The number of carbonyl (C=O) groups is 2. The van der Waals surface area contributed by atoms with Crippen molar-refractivity contribution in [3.63, 3.8) is 0 Å². The van der Waals surface area contributed by atoms with Gasteiger partial charge in [0.15, 0.2) is 0 Å². The van der Waals surface area contributed by atoms with Crippen molar-refractivity contribution in [3.8, 4) is 0 Å². The van der Waals surface area contributed by atoms with Gasteiger partial charge in [0.2, 0.25) is 5.91 Å². The van der Waals surface area contributed by atoms with Gasteiger partial charge in [0.05, 0.1) is 12.6 Å². The van der Waals surface area contributed by atoms with Crippen LogP contribution in [0.15, 0.2) is 0 Å². The zero-order chi connectivity index (χ0) is 8.27. The van der Waals surface area contributed by atoms with E-state index in [0.717, 1.165) is 12.7 Å². The first-order valence-electron chi connectivity index (χ1n) is 3.76. The van der Waals surface area contributed by atoms with Crippen LogP contribution in [-0.2, 0) is 9.59 Å². The van der Waals surface area contributed by atoms with Gasteiger partial charge < -0.3 is 15.4 Å². The van der Waals surface area contributed by atoms with Gasteiger partial charge in [0.25, 0.3) is 0 Å². The van der Waals surface area contributed by atoms with Crippen LogP contribution < -0.4 is 10.6 Å². The summed E-state index contributed by atoms with van der Waals surface area (Å²) in [5.74, 6) is -0.105.